The Balaban J connectivity index is 2.40. The van der Waals surface area contributed by atoms with Gasteiger partial charge in [-0.25, -0.2) is 0 Å². The molecule has 0 saturated heterocycles. The number of fused-ring (bicyclic) bond motifs is 1. The van der Waals surface area contributed by atoms with Crippen LogP contribution < -0.4 is 4.74 Å². The molecule has 0 N–H and O–H groups in total. The summed E-state index contributed by atoms with van der Waals surface area (Å²) in [6.45, 7) is 4.49. The van der Waals surface area contributed by atoms with Gasteiger partial charge in [-0.3, -0.25) is 4.98 Å². The molecular weight excluding hydrogens is 270 g/mol. The molecule has 0 aliphatic carbocycles. The molecule has 0 fully saturated rings. The minimum absolute atomic E-state index is 1.05. The van der Waals surface area contributed by atoms with Crippen molar-refractivity contribution in [2.24, 2.45) is 0 Å². The average molecular weight is 299 g/mol. The molecule has 120 valence electrons. The maximum absolute atomic E-state index is 5.80. The van der Waals surface area contributed by atoms with Crippen LogP contribution >= 0.6 is 0 Å². The Kier molecular flexibility index (Phi) is 6.70. The van der Waals surface area contributed by atoms with Crippen LogP contribution in [0.1, 0.15) is 63.6 Å². The van der Waals surface area contributed by atoms with Crippen molar-refractivity contribution in [1.82, 2.24) is 4.98 Å². The Hall–Kier alpha value is -1.57. The molecule has 0 saturated carbocycles. The summed E-state index contributed by atoms with van der Waals surface area (Å²) in [5.41, 5.74) is 3.65. The van der Waals surface area contributed by atoms with Crippen molar-refractivity contribution in [3.63, 3.8) is 0 Å². The SMILES string of the molecule is CCCCCc1nc2ccccc2c(OC)c1CCCCC. The zero-order valence-corrected chi connectivity index (χ0v) is 14.3. The minimum Gasteiger partial charge on any atom is -0.496 e. The maximum atomic E-state index is 5.80. The molecule has 0 aliphatic rings. The lowest BCUT2D eigenvalue weighted by molar-refractivity contribution is 0.412. The smallest absolute Gasteiger partial charge is 0.133 e. The number of ether oxygens (including phenoxy) is 1. The number of methoxy groups -OCH3 is 1. The summed E-state index contributed by atoms with van der Waals surface area (Å²) in [5, 5.41) is 1.15. The fraction of sp³-hybridized carbons (Fsp3) is 0.550. The van der Waals surface area contributed by atoms with Gasteiger partial charge in [-0.1, -0.05) is 51.7 Å². The van der Waals surface area contributed by atoms with Crippen LogP contribution in [0.2, 0.25) is 0 Å². The summed E-state index contributed by atoms with van der Waals surface area (Å²) in [6.07, 6.45) is 9.60. The third kappa shape index (κ3) is 4.00. The lowest BCUT2D eigenvalue weighted by Crippen LogP contribution is -2.04. The Labute approximate surface area is 134 Å². The average Bonchev–Trinajstić information content (AvgIpc) is 2.55. The van der Waals surface area contributed by atoms with Gasteiger partial charge in [-0.15, -0.1) is 0 Å². The Morgan fingerprint density at radius 2 is 1.59 bits per heavy atom. The quantitative estimate of drug-likeness (QED) is 0.553. The van der Waals surface area contributed by atoms with Gasteiger partial charge < -0.3 is 4.74 Å². The second-order valence-electron chi connectivity index (χ2n) is 6.00. The molecule has 0 aliphatic heterocycles. The van der Waals surface area contributed by atoms with Gasteiger partial charge in [-0.05, 0) is 37.8 Å². The van der Waals surface area contributed by atoms with Crippen molar-refractivity contribution in [3.05, 3.63) is 35.5 Å². The molecule has 2 nitrogen and oxygen atoms in total. The first-order valence-corrected chi connectivity index (χ1v) is 8.76. The number of rotatable bonds is 9. The first kappa shape index (κ1) is 16.8. The van der Waals surface area contributed by atoms with E-state index < -0.39 is 0 Å². The van der Waals surface area contributed by atoms with E-state index in [9.17, 15) is 0 Å². The van der Waals surface area contributed by atoms with Crippen molar-refractivity contribution >= 4 is 10.9 Å². The van der Waals surface area contributed by atoms with Crippen LogP contribution in [-0.4, -0.2) is 12.1 Å². The van der Waals surface area contributed by atoms with Crippen molar-refractivity contribution < 1.29 is 4.74 Å². The number of hydrogen-bond donors (Lipinski definition) is 0. The summed E-state index contributed by atoms with van der Waals surface area (Å²) >= 11 is 0. The highest BCUT2D eigenvalue weighted by atomic mass is 16.5. The number of para-hydroxylation sites is 1. The molecule has 1 heterocycles. The molecule has 2 rings (SSSR count). The van der Waals surface area contributed by atoms with Gasteiger partial charge in [-0.2, -0.15) is 0 Å². The van der Waals surface area contributed by atoms with E-state index in [1.54, 1.807) is 7.11 Å². The summed E-state index contributed by atoms with van der Waals surface area (Å²) in [6, 6.07) is 8.35. The van der Waals surface area contributed by atoms with Crippen LogP contribution in [0.25, 0.3) is 10.9 Å². The Morgan fingerprint density at radius 3 is 2.27 bits per heavy atom. The van der Waals surface area contributed by atoms with Crippen LogP contribution in [0.15, 0.2) is 24.3 Å². The molecule has 0 bridgehead atoms. The predicted octanol–water partition coefficient (Wildman–Crippen LogP) is 5.71. The minimum atomic E-state index is 1.05. The van der Waals surface area contributed by atoms with E-state index in [0.29, 0.717) is 0 Å². The molecule has 0 radical (unpaired) electrons. The number of aryl methyl sites for hydroxylation is 1. The van der Waals surface area contributed by atoms with E-state index in [2.05, 4.69) is 38.1 Å². The third-order valence-corrected chi connectivity index (χ3v) is 4.28. The zero-order valence-electron chi connectivity index (χ0n) is 14.3. The van der Waals surface area contributed by atoms with Crippen LogP contribution in [-0.2, 0) is 12.8 Å². The van der Waals surface area contributed by atoms with E-state index >= 15 is 0 Å². The molecule has 0 amide bonds. The molecule has 22 heavy (non-hydrogen) atoms. The number of pyridine rings is 1. The normalized spacial score (nSPS) is 11.0. The first-order chi connectivity index (χ1) is 10.8. The molecule has 2 heteroatoms. The molecule has 2 aromatic rings. The van der Waals surface area contributed by atoms with Gasteiger partial charge in [0.1, 0.15) is 5.75 Å². The van der Waals surface area contributed by atoms with E-state index in [4.69, 9.17) is 9.72 Å². The number of hydrogen-bond acceptors (Lipinski definition) is 2. The zero-order chi connectivity index (χ0) is 15.8. The highest BCUT2D eigenvalue weighted by molar-refractivity contribution is 5.86. The van der Waals surface area contributed by atoms with Gasteiger partial charge in [0.25, 0.3) is 0 Å². The predicted molar refractivity (Wildman–Crippen MR) is 94.8 cm³/mol. The lowest BCUT2D eigenvalue weighted by Gasteiger charge is -2.16. The standard InChI is InChI=1S/C20H29NO/c1-4-6-8-12-16-18(14-9-7-5-2)21-19-15-11-10-13-17(19)20(16)22-3/h10-11,13,15H,4-9,12,14H2,1-3H3. The number of aromatic nitrogens is 1. The van der Waals surface area contributed by atoms with Crippen LogP contribution in [0.4, 0.5) is 0 Å². The Bertz CT molecular complexity index is 592. The highest BCUT2D eigenvalue weighted by Crippen LogP contribution is 2.32. The van der Waals surface area contributed by atoms with Crippen LogP contribution in [0.5, 0.6) is 5.75 Å². The maximum Gasteiger partial charge on any atom is 0.133 e. The first-order valence-electron chi connectivity index (χ1n) is 8.76. The number of benzene rings is 1. The van der Waals surface area contributed by atoms with Crippen molar-refractivity contribution in [3.8, 4) is 5.75 Å². The van der Waals surface area contributed by atoms with E-state index in [1.165, 1.54) is 49.8 Å². The molecule has 0 atom stereocenters. The molecular formula is C20H29NO. The van der Waals surface area contributed by atoms with E-state index in [1.807, 2.05) is 0 Å². The number of unbranched alkanes of at least 4 members (excludes halogenated alkanes) is 4. The fourth-order valence-corrected chi connectivity index (χ4v) is 3.06. The van der Waals surface area contributed by atoms with E-state index in [0.717, 1.165) is 29.5 Å². The fourth-order valence-electron chi connectivity index (χ4n) is 3.06. The second kappa shape index (κ2) is 8.77. The number of nitrogens with zero attached hydrogens (tertiary/aromatic N) is 1. The topological polar surface area (TPSA) is 22.1 Å². The molecule has 0 unspecified atom stereocenters. The Morgan fingerprint density at radius 1 is 0.909 bits per heavy atom. The summed E-state index contributed by atoms with van der Waals surface area (Å²) < 4.78 is 5.80. The van der Waals surface area contributed by atoms with Crippen LogP contribution in [0, 0.1) is 0 Å². The van der Waals surface area contributed by atoms with Gasteiger partial charge in [0.05, 0.1) is 12.6 Å². The van der Waals surface area contributed by atoms with Crippen LogP contribution in [0.3, 0.4) is 0 Å². The molecule has 1 aromatic heterocycles. The monoisotopic (exact) mass is 299 g/mol. The van der Waals surface area contributed by atoms with E-state index in [-0.39, 0.29) is 0 Å². The van der Waals surface area contributed by atoms with Crippen molar-refractivity contribution in [1.29, 1.82) is 0 Å². The van der Waals surface area contributed by atoms with Gasteiger partial charge in [0, 0.05) is 16.6 Å². The summed E-state index contributed by atoms with van der Waals surface area (Å²) in [7, 11) is 1.79. The van der Waals surface area contributed by atoms with Crippen molar-refractivity contribution in [2.75, 3.05) is 7.11 Å². The third-order valence-electron chi connectivity index (χ3n) is 4.28. The van der Waals surface area contributed by atoms with Gasteiger partial charge >= 0.3 is 0 Å². The van der Waals surface area contributed by atoms with Gasteiger partial charge in [0.2, 0.25) is 0 Å². The summed E-state index contributed by atoms with van der Waals surface area (Å²) in [5.74, 6) is 1.05. The molecule has 1 aromatic carbocycles. The summed E-state index contributed by atoms with van der Waals surface area (Å²) in [4.78, 5) is 4.95. The van der Waals surface area contributed by atoms with Crippen molar-refractivity contribution in [2.45, 2.75) is 65.2 Å². The highest BCUT2D eigenvalue weighted by Gasteiger charge is 2.15. The van der Waals surface area contributed by atoms with Gasteiger partial charge in [0.15, 0.2) is 0 Å². The lowest BCUT2D eigenvalue weighted by atomic mass is 9.98. The second-order valence-corrected chi connectivity index (χ2v) is 6.00. The largest absolute Gasteiger partial charge is 0.496 e. The molecule has 0 spiro atoms.